The molecule has 7 nitrogen and oxygen atoms in total. The van der Waals surface area contributed by atoms with E-state index in [1.807, 2.05) is 27.7 Å². The van der Waals surface area contributed by atoms with Gasteiger partial charge >= 0.3 is 6.09 Å². The third kappa shape index (κ3) is 7.57. The summed E-state index contributed by atoms with van der Waals surface area (Å²) in [6.07, 6.45) is 0.00562. The van der Waals surface area contributed by atoms with Gasteiger partial charge in [-0.2, -0.15) is 0 Å². The molecule has 0 unspecified atom stereocenters. The predicted octanol–water partition coefficient (Wildman–Crippen LogP) is 2.14. The van der Waals surface area contributed by atoms with E-state index >= 15 is 0 Å². The molecule has 0 aliphatic carbocycles. The summed E-state index contributed by atoms with van der Waals surface area (Å²) in [6.45, 7) is 8.38. The van der Waals surface area contributed by atoms with E-state index in [1.54, 1.807) is 19.2 Å². The molecule has 0 fully saturated rings. The summed E-state index contributed by atoms with van der Waals surface area (Å²) in [7, 11) is 1.57. The first-order valence-electron chi connectivity index (χ1n) is 8.19. The number of alkyl carbamates (subject to hydrolysis) is 1. The van der Waals surface area contributed by atoms with Crippen molar-refractivity contribution in [3.8, 4) is 11.8 Å². The van der Waals surface area contributed by atoms with Crippen LogP contribution in [0, 0.1) is 11.8 Å². The predicted molar refractivity (Wildman–Crippen MR) is 97.5 cm³/mol. The van der Waals surface area contributed by atoms with Gasteiger partial charge in [0.05, 0.1) is 5.56 Å². The van der Waals surface area contributed by atoms with Crippen molar-refractivity contribution >= 4 is 17.8 Å². The third-order valence-corrected chi connectivity index (χ3v) is 2.85. The van der Waals surface area contributed by atoms with Gasteiger partial charge in [-0.1, -0.05) is 5.92 Å². The number of carbonyl (C=O) groups is 2. The minimum atomic E-state index is -0.519. The Kier molecular flexibility index (Phi) is 7.73. The number of hydrogen-bond donors (Lipinski definition) is 3. The lowest BCUT2D eigenvalue weighted by atomic mass is 10.2. The van der Waals surface area contributed by atoms with Gasteiger partial charge in [-0.05, 0) is 45.7 Å². The molecule has 0 bridgehead atoms. The Morgan fingerprint density at radius 1 is 1.28 bits per heavy atom. The molecule has 0 spiro atoms. The average Bonchev–Trinajstić information content (AvgIpc) is 2.52. The Bertz CT molecular complexity index is 669. The summed E-state index contributed by atoms with van der Waals surface area (Å²) in [6, 6.07) is 3.38. The molecule has 25 heavy (non-hydrogen) atoms. The molecular formula is C18H26N4O3. The second-order valence-corrected chi connectivity index (χ2v) is 6.18. The maximum Gasteiger partial charge on any atom is 0.407 e. The normalized spacial score (nSPS) is 10.3. The van der Waals surface area contributed by atoms with Crippen molar-refractivity contribution in [3.05, 3.63) is 23.4 Å². The summed E-state index contributed by atoms with van der Waals surface area (Å²) >= 11 is 0. The highest BCUT2D eigenvalue weighted by Gasteiger charge is 2.15. The van der Waals surface area contributed by atoms with Crippen LogP contribution in [0.25, 0.3) is 0 Å². The molecule has 0 saturated carbocycles. The maximum atomic E-state index is 11.8. The number of nitrogens with one attached hydrogen (secondary N) is 3. The fourth-order valence-electron chi connectivity index (χ4n) is 1.84. The second kappa shape index (κ2) is 9.52. The molecule has 136 valence electrons. The van der Waals surface area contributed by atoms with Gasteiger partial charge in [-0.15, -0.1) is 0 Å². The van der Waals surface area contributed by atoms with E-state index in [4.69, 9.17) is 4.74 Å². The topological polar surface area (TPSA) is 92.3 Å². The molecule has 7 heteroatoms. The molecule has 0 aliphatic heterocycles. The van der Waals surface area contributed by atoms with Gasteiger partial charge in [0.2, 0.25) is 0 Å². The lowest BCUT2D eigenvalue weighted by Gasteiger charge is -2.19. The van der Waals surface area contributed by atoms with Crippen LogP contribution in [0.4, 0.5) is 10.6 Å². The van der Waals surface area contributed by atoms with Crippen LogP contribution in [-0.4, -0.2) is 42.7 Å². The number of nitrogens with zero attached hydrogens (tertiary/aromatic N) is 1. The standard InChI is InChI=1S/C18H26N4O3/c1-6-20-15-14(16(23)19-5)11-10-13(22-15)9-7-8-12-21-17(24)25-18(2,3)4/h10-11H,6,8,12H2,1-5H3,(H,19,23)(H,20,22)(H,21,24). The monoisotopic (exact) mass is 346 g/mol. The van der Waals surface area contributed by atoms with Gasteiger partial charge in [0.25, 0.3) is 5.91 Å². The molecule has 1 heterocycles. The summed E-state index contributed by atoms with van der Waals surface area (Å²) < 4.78 is 5.13. The molecule has 0 atom stereocenters. The van der Waals surface area contributed by atoms with E-state index in [0.717, 1.165) is 0 Å². The highest BCUT2D eigenvalue weighted by molar-refractivity contribution is 5.98. The van der Waals surface area contributed by atoms with Crippen LogP contribution in [0.15, 0.2) is 12.1 Å². The van der Waals surface area contributed by atoms with Crippen molar-refractivity contribution in [2.75, 3.05) is 25.5 Å². The molecule has 1 rings (SSSR count). The number of rotatable bonds is 5. The van der Waals surface area contributed by atoms with E-state index in [1.165, 1.54) is 0 Å². The number of hydrogen-bond acceptors (Lipinski definition) is 5. The lowest BCUT2D eigenvalue weighted by molar-refractivity contribution is 0.0529. The SMILES string of the molecule is CCNc1nc(C#CCCNC(=O)OC(C)(C)C)ccc1C(=O)NC. The van der Waals surface area contributed by atoms with E-state index in [2.05, 4.69) is 32.8 Å². The molecule has 1 aromatic heterocycles. The smallest absolute Gasteiger partial charge is 0.407 e. The molecule has 3 N–H and O–H groups in total. The lowest BCUT2D eigenvalue weighted by Crippen LogP contribution is -2.32. The van der Waals surface area contributed by atoms with E-state index < -0.39 is 11.7 Å². The van der Waals surface area contributed by atoms with Gasteiger partial charge in [0.1, 0.15) is 17.1 Å². The third-order valence-electron chi connectivity index (χ3n) is 2.85. The second-order valence-electron chi connectivity index (χ2n) is 6.18. The highest BCUT2D eigenvalue weighted by atomic mass is 16.6. The van der Waals surface area contributed by atoms with E-state index in [-0.39, 0.29) is 5.91 Å². The summed E-state index contributed by atoms with van der Waals surface area (Å²) in [5.74, 6) is 6.16. The maximum absolute atomic E-state index is 11.8. The van der Waals surface area contributed by atoms with Crippen LogP contribution in [0.2, 0.25) is 0 Å². The molecule has 1 aromatic rings. The van der Waals surface area contributed by atoms with E-state index in [0.29, 0.717) is 36.6 Å². The molecule has 0 radical (unpaired) electrons. The molecule has 0 aromatic carbocycles. The van der Waals surface area contributed by atoms with E-state index in [9.17, 15) is 9.59 Å². The van der Waals surface area contributed by atoms with Crippen molar-refractivity contribution in [2.45, 2.75) is 39.7 Å². The minimum Gasteiger partial charge on any atom is -0.444 e. The summed E-state index contributed by atoms with van der Waals surface area (Å²) in [5, 5.41) is 8.28. The Hall–Kier alpha value is -2.75. The summed E-state index contributed by atoms with van der Waals surface area (Å²) in [4.78, 5) is 27.7. The average molecular weight is 346 g/mol. The van der Waals surface area contributed by atoms with Crippen LogP contribution < -0.4 is 16.0 Å². The molecule has 2 amide bonds. The highest BCUT2D eigenvalue weighted by Crippen LogP contribution is 2.13. The number of amides is 2. The zero-order valence-corrected chi connectivity index (χ0v) is 15.4. The van der Waals surface area contributed by atoms with Gasteiger partial charge in [0.15, 0.2) is 0 Å². The number of ether oxygens (including phenoxy) is 1. The van der Waals surface area contributed by atoms with Gasteiger partial charge in [-0.3, -0.25) is 4.79 Å². The first-order chi connectivity index (χ1) is 11.8. The minimum absolute atomic E-state index is 0.204. The van der Waals surface area contributed by atoms with Crippen LogP contribution in [-0.2, 0) is 4.74 Å². The zero-order chi connectivity index (χ0) is 18.9. The fourth-order valence-corrected chi connectivity index (χ4v) is 1.84. The Labute approximate surface area is 148 Å². The first kappa shape index (κ1) is 20.3. The van der Waals surface area contributed by atoms with Crippen molar-refractivity contribution in [3.63, 3.8) is 0 Å². The van der Waals surface area contributed by atoms with Gasteiger partial charge < -0.3 is 20.7 Å². The van der Waals surface area contributed by atoms with Crippen molar-refractivity contribution in [1.29, 1.82) is 0 Å². The van der Waals surface area contributed by atoms with Crippen LogP contribution >= 0.6 is 0 Å². The first-order valence-corrected chi connectivity index (χ1v) is 8.19. The fraction of sp³-hybridized carbons (Fsp3) is 0.500. The van der Waals surface area contributed by atoms with Crippen LogP contribution in [0.3, 0.4) is 0 Å². The van der Waals surface area contributed by atoms with Crippen molar-refractivity contribution in [1.82, 2.24) is 15.6 Å². The van der Waals surface area contributed by atoms with Gasteiger partial charge in [0, 0.05) is 26.6 Å². The van der Waals surface area contributed by atoms with Gasteiger partial charge in [-0.25, -0.2) is 9.78 Å². The largest absolute Gasteiger partial charge is 0.444 e. The number of anilines is 1. The molecular weight excluding hydrogens is 320 g/mol. The van der Waals surface area contributed by atoms with Crippen LogP contribution in [0.5, 0.6) is 0 Å². The Morgan fingerprint density at radius 2 is 2.00 bits per heavy atom. The van der Waals surface area contributed by atoms with Crippen LogP contribution in [0.1, 0.15) is 50.2 Å². The Balaban J connectivity index is 2.63. The molecule has 0 saturated heterocycles. The summed E-state index contributed by atoms with van der Waals surface area (Å²) in [5.41, 5.74) is 0.511. The van der Waals surface area contributed by atoms with Crippen molar-refractivity contribution < 1.29 is 14.3 Å². The number of carbonyl (C=O) groups excluding carboxylic acids is 2. The number of aromatic nitrogens is 1. The Morgan fingerprint density at radius 3 is 2.60 bits per heavy atom. The quantitative estimate of drug-likeness (QED) is 0.561. The zero-order valence-electron chi connectivity index (χ0n) is 15.4. The number of pyridine rings is 1. The van der Waals surface area contributed by atoms with Crippen molar-refractivity contribution in [2.24, 2.45) is 0 Å². The molecule has 0 aliphatic rings.